The number of ether oxygens (including phenoxy) is 1. The van der Waals surface area contributed by atoms with E-state index in [0.29, 0.717) is 11.5 Å². The van der Waals surface area contributed by atoms with E-state index >= 15 is 0 Å². The van der Waals surface area contributed by atoms with Gasteiger partial charge in [0.05, 0.1) is 49.9 Å². The Kier molecular flexibility index (Phi) is 12.7. The summed E-state index contributed by atoms with van der Waals surface area (Å²) in [6.07, 6.45) is 0. The van der Waals surface area contributed by atoms with E-state index < -0.39 is 0 Å². The summed E-state index contributed by atoms with van der Waals surface area (Å²) in [7, 11) is 0. The molecule has 83 heavy (non-hydrogen) atoms. The van der Waals surface area contributed by atoms with Crippen LogP contribution in [0.15, 0.2) is 211 Å². The Bertz CT molecular complexity index is 4790. The van der Waals surface area contributed by atoms with E-state index in [1.807, 2.05) is 6.07 Å². The molecule has 0 atom stereocenters. The quantitative estimate of drug-likeness (QED) is 0.114. The van der Waals surface area contributed by atoms with Crippen molar-refractivity contribution in [3.05, 3.63) is 234 Å². The van der Waals surface area contributed by atoms with Crippen LogP contribution in [0, 0.1) is 6.92 Å². The lowest BCUT2D eigenvalue weighted by atomic mass is 9.88. The molecule has 406 valence electrons. The van der Waals surface area contributed by atoms with Crippen LogP contribution in [0.2, 0.25) is 0 Å². The Labute approximate surface area is 484 Å². The van der Waals surface area contributed by atoms with E-state index in [1.54, 1.807) is 0 Å². The van der Waals surface area contributed by atoms with Gasteiger partial charge in [0.2, 0.25) is 0 Å². The summed E-state index contributed by atoms with van der Waals surface area (Å²) >= 11 is 0. The van der Waals surface area contributed by atoms with Gasteiger partial charge < -0.3 is 9.15 Å². The standard InChI is InChI=1S/C76H65N5O2/c1-44(2)59-38-53(49-23-12-10-13-24-49)39-60(45(3)4)71(59)80-67-33-20-18-31-65(67)78-75(80)52-28-22-29-55(37-52)82-56-42-63-69-48(9)77-70-57-30-17-16-27-51(57)35-36-58(70)74(69)83-73(63)64(43-56)76-79-66-32-19-21-34-68(66)81(76)72-61(46(5)6)40-54(41-62(72)47(7)8)50-25-14-11-15-26-50/h10-47H,1-9H3. The lowest BCUT2D eigenvalue weighted by molar-refractivity contribution is 0.483. The minimum Gasteiger partial charge on any atom is -0.457 e. The van der Waals surface area contributed by atoms with Crippen LogP contribution in [0.25, 0.3) is 122 Å². The Morgan fingerprint density at radius 1 is 0.386 bits per heavy atom. The predicted octanol–water partition coefficient (Wildman–Crippen LogP) is 21.2. The number of benzene rings is 10. The molecule has 0 N–H and O–H groups in total. The molecule has 0 radical (unpaired) electrons. The van der Waals surface area contributed by atoms with Crippen LogP contribution < -0.4 is 4.74 Å². The second-order valence-electron chi connectivity index (χ2n) is 23.5. The molecule has 0 bridgehead atoms. The fraction of sp³-hybridized carbons (Fsp3) is 0.171. The number of nitrogens with zero attached hydrogens (tertiary/aromatic N) is 5. The molecule has 0 unspecified atom stereocenters. The zero-order chi connectivity index (χ0) is 56.8. The van der Waals surface area contributed by atoms with Crippen LogP contribution in [0.1, 0.15) is 107 Å². The van der Waals surface area contributed by atoms with Crippen molar-refractivity contribution >= 4 is 65.7 Å². The van der Waals surface area contributed by atoms with Gasteiger partial charge in [-0.25, -0.2) is 9.97 Å². The molecule has 7 heteroatoms. The predicted molar refractivity (Wildman–Crippen MR) is 345 cm³/mol. The molecule has 4 heterocycles. The topological polar surface area (TPSA) is 70.9 Å². The van der Waals surface area contributed by atoms with Crippen molar-refractivity contribution in [2.24, 2.45) is 0 Å². The molecule has 14 rings (SSSR count). The van der Waals surface area contributed by atoms with Crippen molar-refractivity contribution in [3.8, 4) is 67.9 Å². The van der Waals surface area contributed by atoms with Crippen LogP contribution in [0.4, 0.5) is 0 Å². The number of para-hydroxylation sites is 4. The van der Waals surface area contributed by atoms with Crippen LogP contribution in [0.5, 0.6) is 11.5 Å². The van der Waals surface area contributed by atoms with Crippen molar-refractivity contribution in [2.45, 2.75) is 86.0 Å². The average molecular weight is 1080 g/mol. The molecule has 10 aromatic carbocycles. The van der Waals surface area contributed by atoms with Crippen molar-refractivity contribution in [2.75, 3.05) is 0 Å². The number of imidazole rings is 2. The number of rotatable bonds is 12. The number of hydrogen-bond donors (Lipinski definition) is 0. The van der Waals surface area contributed by atoms with Crippen molar-refractivity contribution in [3.63, 3.8) is 0 Å². The summed E-state index contributed by atoms with van der Waals surface area (Å²) in [6.45, 7) is 20.5. The van der Waals surface area contributed by atoms with Gasteiger partial charge in [-0.2, -0.15) is 0 Å². The fourth-order valence-corrected chi connectivity index (χ4v) is 12.7. The first-order chi connectivity index (χ1) is 40.4. The number of hydrogen-bond acceptors (Lipinski definition) is 5. The third kappa shape index (κ3) is 8.76. The molecular formula is C76H65N5O2. The molecule has 0 aliphatic carbocycles. The lowest BCUT2D eigenvalue weighted by Crippen LogP contribution is -2.09. The van der Waals surface area contributed by atoms with Crippen LogP contribution in [-0.2, 0) is 0 Å². The molecule has 4 aromatic heterocycles. The first-order valence-electron chi connectivity index (χ1n) is 29.3. The highest BCUT2D eigenvalue weighted by Crippen LogP contribution is 2.48. The third-order valence-electron chi connectivity index (χ3n) is 16.7. The maximum Gasteiger partial charge on any atom is 0.149 e. The monoisotopic (exact) mass is 1080 g/mol. The number of fused-ring (bicyclic) bond motifs is 9. The highest BCUT2D eigenvalue weighted by atomic mass is 16.5. The maximum atomic E-state index is 7.39. The largest absolute Gasteiger partial charge is 0.457 e. The molecule has 0 aliphatic heterocycles. The second-order valence-corrected chi connectivity index (χ2v) is 23.5. The number of aryl methyl sites for hydroxylation is 1. The highest BCUT2D eigenvalue weighted by molar-refractivity contribution is 6.21. The average Bonchev–Trinajstić information content (AvgIpc) is 1.89. The van der Waals surface area contributed by atoms with Gasteiger partial charge in [0.1, 0.15) is 34.3 Å². The minimum absolute atomic E-state index is 0.180. The Balaban J connectivity index is 1.00. The molecule has 0 saturated carbocycles. The van der Waals surface area contributed by atoms with E-state index in [9.17, 15) is 0 Å². The van der Waals surface area contributed by atoms with Gasteiger partial charge in [0, 0.05) is 27.4 Å². The number of furan rings is 1. The SMILES string of the molecule is Cc1nc2c3ccccc3ccc2c2oc3c(-c4nc5ccccc5n4-c4c(C(C)C)cc(-c5ccccc5)cc4C(C)C)cc(Oc4cccc(-c5nc6ccccc6n5-c5c(C(C)C)cc(-c6ccccc6)cc5C(C)C)c4)cc3c12. The number of pyridine rings is 1. The van der Waals surface area contributed by atoms with Crippen LogP contribution in [0.3, 0.4) is 0 Å². The van der Waals surface area contributed by atoms with Gasteiger partial charge in [0.25, 0.3) is 0 Å². The van der Waals surface area contributed by atoms with Gasteiger partial charge in [-0.1, -0.05) is 183 Å². The summed E-state index contributed by atoms with van der Waals surface area (Å²) in [4.78, 5) is 16.5. The lowest BCUT2D eigenvalue weighted by Gasteiger charge is -2.24. The number of aromatic nitrogens is 5. The molecule has 0 saturated heterocycles. The highest BCUT2D eigenvalue weighted by Gasteiger charge is 2.29. The van der Waals surface area contributed by atoms with Gasteiger partial charge >= 0.3 is 0 Å². The van der Waals surface area contributed by atoms with E-state index in [1.165, 1.54) is 50.2 Å². The van der Waals surface area contributed by atoms with E-state index in [4.69, 9.17) is 24.1 Å². The maximum absolute atomic E-state index is 7.39. The zero-order valence-corrected chi connectivity index (χ0v) is 48.5. The molecule has 0 aliphatic rings. The van der Waals surface area contributed by atoms with Gasteiger partial charge in [-0.15, -0.1) is 0 Å². The summed E-state index contributed by atoms with van der Waals surface area (Å²) < 4.78 is 19.5. The van der Waals surface area contributed by atoms with Gasteiger partial charge in [-0.3, -0.25) is 14.1 Å². The van der Waals surface area contributed by atoms with E-state index in [2.05, 4.69) is 272 Å². The molecule has 7 nitrogen and oxygen atoms in total. The van der Waals surface area contributed by atoms with Crippen LogP contribution >= 0.6 is 0 Å². The summed E-state index contributed by atoms with van der Waals surface area (Å²) in [5.74, 6) is 3.74. The zero-order valence-electron chi connectivity index (χ0n) is 48.5. The summed E-state index contributed by atoms with van der Waals surface area (Å²) in [5, 5.41) is 5.01. The minimum atomic E-state index is 0.180. The first kappa shape index (κ1) is 51.5. The third-order valence-corrected chi connectivity index (χ3v) is 16.7. The molecule has 0 amide bonds. The fourth-order valence-electron chi connectivity index (χ4n) is 12.7. The van der Waals surface area contributed by atoms with Crippen molar-refractivity contribution < 1.29 is 9.15 Å². The summed E-state index contributed by atoms with van der Waals surface area (Å²) in [6, 6.07) is 73.4. The normalized spacial score (nSPS) is 12.1. The first-order valence-corrected chi connectivity index (χ1v) is 29.3. The second kappa shape index (κ2) is 20.4. The van der Waals surface area contributed by atoms with Crippen LogP contribution in [-0.4, -0.2) is 24.1 Å². The van der Waals surface area contributed by atoms with Crippen molar-refractivity contribution in [1.29, 1.82) is 0 Å². The van der Waals surface area contributed by atoms with Gasteiger partial charge in [0.15, 0.2) is 0 Å². The Hall–Kier alpha value is -9.59. The Morgan fingerprint density at radius 3 is 1.47 bits per heavy atom. The van der Waals surface area contributed by atoms with Gasteiger partial charge in [-0.05, 0) is 159 Å². The van der Waals surface area contributed by atoms with E-state index in [0.717, 1.165) is 99.8 Å². The summed E-state index contributed by atoms with van der Waals surface area (Å²) in [5.41, 5.74) is 21.0. The molecule has 14 aromatic rings. The molecule has 0 fully saturated rings. The van der Waals surface area contributed by atoms with Crippen molar-refractivity contribution in [1.82, 2.24) is 24.1 Å². The van der Waals surface area contributed by atoms with E-state index in [-0.39, 0.29) is 23.7 Å². The molecular weight excluding hydrogens is 1010 g/mol. The Morgan fingerprint density at radius 2 is 0.892 bits per heavy atom. The smallest absolute Gasteiger partial charge is 0.149 e. The molecule has 0 spiro atoms.